The van der Waals surface area contributed by atoms with Crippen molar-refractivity contribution in [3.8, 4) is 0 Å². The molecule has 10 heteroatoms. The molecule has 212 valence electrons. The van der Waals surface area contributed by atoms with E-state index in [2.05, 4.69) is 5.32 Å². The Labute approximate surface area is 246 Å². The summed E-state index contributed by atoms with van der Waals surface area (Å²) in [4.78, 5) is 29.1. The number of anilines is 1. The third kappa shape index (κ3) is 7.16. The Balaban J connectivity index is 1.71. The van der Waals surface area contributed by atoms with Crippen molar-refractivity contribution in [3.63, 3.8) is 0 Å². The second kappa shape index (κ2) is 13.5. The van der Waals surface area contributed by atoms with E-state index < -0.39 is 28.5 Å². The minimum absolute atomic E-state index is 0.0259. The molecule has 0 aliphatic heterocycles. The van der Waals surface area contributed by atoms with Gasteiger partial charge in [0, 0.05) is 17.6 Å². The number of hydrogen-bond donors (Lipinski definition) is 1. The van der Waals surface area contributed by atoms with Gasteiger partial charge in [-0.05, 0) is 61.2 Å². The summed E-state index contributed by atoms with van der Waals surface area (Å²) in [6.45, 7) is 1.41. The molecule has 1 aliphatic carbocycles. The summed E-state index contributed by atoms with van der Waals surface area (Å²) in [5.41, 5.74) is 0.941. The number of hydrogen-bond acceptors (Lipinski definition) is 4. The number of carbonyl (C=O) groups excluding carboxylic acids is 2. The number of halogens is 2. The van der Waals surface area contributed by atoms with Crippen molar-refractivity contribution < 1.29 is 18.0 Å². The van der Waals surface area contributed by atoms with Crippen LogP contribution in [0.1, 0.15) is 44.6 Å². The Morgan fingerprint density at radius 2 is 1.55 bits per heavy atom. The van der Waals surface area contributed by atoms with E-state index in [1.165, 1.54) is 17.0 Å². The van der Waals surface area contributed by atoms with E-state index in [0.29, 0.717) is 11.4 Å². The molecule has 0 bridgehead atoms. The van der Waals surface area contributed by atoms with Crippen molar-refractivity contribution in [1.82, 2.24) is 10.2 Å². The van der Waals surface area contributed by atoms with Crippen molar-refractivity contribution in [2.24, 2.45) is 0 Å². The molecule has 4 rings (SSSR count). The lowest BCUT2D eigenvalue weighted by atomic mass is 10.1. The predicted molar refractivity (Wildman–Crippen MR) is 159 cm³/mol. The van der Waals surface area contributed by atoms with E-state index in [9.17, 15) is 18.0 Å². The fraction of sp³-hybridized carbons (Fsp3) is 0.333. The summed E-state index contributed by atoms with van der Waals surface area (Å²) in [6.07, 6.45) is 4.28. The molecule has 3 aromatic carbocycles. The van der Waals surface area contributed by atoms with Crippen molar-refractivity contribution in [1.29, 1.82) is 0 Å². The monoisotopic (exact) mass is 601 g/mol. The lowest BCUT2D eigenvalue weighted by molar-refractivity contribution is -0.140. The van der Waals surface area contributed by atoms with Gasteiger partial charge in [-0.3, -0.25) is 13.9 Å². The third-order valence-corrected chi connectivity index (χ3v) is 9.43. The molecule has 2 amide bonds. The molecule has 0 radical (unpaired) electrons. The molecular weight excluding hydrogens is 569 g/mol. The van der Waals surface area contributed by atoms with Crippen LogP contribution in [-0.4, -0.2) is 43.8 Å². The van der Waals surface area contributed by atoms with Crippen LogP contribution >= 0.6 is 23.2 Å². The maximum Gasteiger partial charge on any atom is 0.264 e. The number of amides is 2. The molecule has 3 aromatic rings. The Hall–Kier alpha value is -3.07. The number of nitrogens with zero attached hydrogens (tertiary/aromatic N) is 2. The van der Waals surface area contributed by atoms with Gasteiger partial charge in [-0.25, -0.2) is 8.42 Å². The van der Waals surface area contributed by atoms with E-state index in [1.807, 2.05) is 6.92 Å². The van der Waals surface area contributed by atoms with E-state index >= 15 is 0 Å². The summed E-state index contributed by atoms with van der Waals surface area (Å²) in [7, 11) is -4.17. The zero-order valence-electron chi connectivity index (χ0n) is 22.3. The number of benzene rings is 3. The molecule has 0 aromatic heterocycles. The lowest BCUT2D eigenvalue weighted by Crippen LogP contribution is -2.53. The number of rotatable bonds is 11. The van der Waals surface area contributed by atoms with Crippen LogP contribution < -0.4 is 9.62 Å². The molecule has 40 heavy (non-hydrogen) atoms. The summed E-state index contributed by atoms with van der Waals surface area (Å²) < 4.78 is 28.7. The number of nitrogens with one attached hydrogen (secondary N) is 1. The van der Waals surface area contributed by atoms with Crippen molar-refractivity contribution in [2.45, 2.75) is 62.6 Å². The zero-order valence-corrected chi connectivity index (χ0v) is 24.6. The molecular formula is C30H33Cl2N3O4S. The Morgan fingerprint density at radius 1 is 0.925 bits per heavy atom. The molecule has 1 fully saturated rings. The molecule has 1 aliphatic rings. The van der Waals surface area contributed by atoms with Gasteiger partial charge in [-0.1, -0.05) is 85.4 Å². The average Bonchev–Trinajstić information content (AvgIpc) is 3.46. The minimum atomic E-state index is -4.17. The average molecular weight is 603 g/mol. The molecule has 1 N–H and O–H groups in total. The first-order valence-corrected chi connectivity index (χ1v) is 15.6. The van der Waals surface area contributed by atoms with Gasteiger partial charge < -0.3 is 10.2 Å². The number of para-hydroxylation sites is 1. The van der Waals surface area contributed by atoms with Crippen LogP contribution in [0.25, 0.3) is 0 Å². The molecule has 0 heterocycles. The minimum Gasteiger partial charge on any atom is -0.352 e. The normalized spacial score (nSPS) is 14.5. The molecule has 7 nitrogen and oxygen atoms in total. The molecule has 1 unspecified atom stereocenters. The largest absolute Gasteiger partial charge is 0.352 e. The third-order valence-electron chi connectivity index (χ3n) is 7.08. The lowest BCUT2D eigenvalue weighted by Gasteiger charge is -2.34. The summed E-state index contributed by atoms with van der Waals surface area (Å²) >= 11 is 12.5. The second-order valence-electron chi connectivity index (χ2n) is 9.84. The first-order chi connectivity index (χ1) is 19.2. The van der Waals surface area contributed by atoms with E-state index in [1.54, 1.807) is 66.7 Å². The molecule has 1 saturated carbocycles. The van der Waals surface area contributed by atoms with Gasteiger partial charge in [-0.15, -0.1) is 0 Å². The van der Waals surface area contributed by atoms with Crippen LogP contribution in [0, 0.1) is 0 Å². The van der Waals surface area contributed by atoms with Crippen LogP contribution in [0.3, 0.4) is 0 Å². The summed E-state index contributed by atoms with van der Waals surface area (Å²) in [5, 5.41) is 3.84. The van der Waals surface area contributed by atoms with Crippen LogP contribution in [0.2, 0.25) is 10.0 Å². The summed E-state index contributed by atoms with van der Waals surface area (Å²) in [6, 6.07) is 20.7. The number of carbonyl (C=O) groups is 2. The molecule has 0 saturated heterocycles. The Bertz CT molecular complexity index is 1410. The van der Waals surface area contributed by atoms with Crippen molar-refractivity contribution in [3.05, 3.63) is 94.5 Å². The van der Waals surface area contributed by atoms with Gasteiger partial charge in [0.25, 0.3) is 10.0 Å². The quantitative estimate of drug-likeness (QED) is 0.289. The Morgan fingerprint density at radius 3 is 2.17 bits per heavy atom. The highest BCUT2D eigenvalue weighted by Crippen LogP contribution is 2.31. The summed E-state index contributed by atoms with van der Waals surface area (Å²) in [5.74, 6) is -0.769. The maximum atomic E-state index is 14.1. The van der Waals surface area contributed by atoms with Crippen LogP contribution in [0.5, 0.6) is 0 Å². The van der Waals surface area contributed by atoms with E-state index in [-0.39, 0.29) is 34.1 Å². The van der Waals surface area contributed by atoms with Crippen molar-refractivity contribution >= 4 is 50.7 Å². The van der Waals surface area contributed by atoms with Gasteiger partial charge in [0.2, 0.25) is 11.8 Å². The van der Waals surface area contributed by atoms with Crippen LogP contribution in [-0.2, 0) is 26.2 Å². The van der Waals surface area contributed by atoms with Crippen LogP contribution in [0.4, 0.5) is 5.69 Å². The second-order valence-corrected chi connectivity index (χ2v) is 12.5. The highest BCUT2D eigenvalue weighted by molar-refractivity contribution is 7.92. The topological polar surface area (TPSA) is 86.8 Å². The molecule has 1 atom stereocenters. The predicted octanol–water partition coefficient (Wildman–Crippen LogP) is 6.05. The zero-order chi connectivity index (χ0) is 28.7. The van der Waals surface area contributed by atoms with Gasteiger partial charge in [0.05, 0.1) is 15.6 Å². The molecule has 0 spiro atoms. The SMILES string of the molecule is CCC(C(=O)NC1CCCC1)N(Cc1ccc(Cl)cc1)C(=O)CN(c1ccccc1Cl)S(=O)(=O)c1ccccc1. The Kier molecular flexibility index (Phi) is 10.1. The highest BCUT2D eigenvalue weighted by atomic mass is 35.5. The fourth-order valence-corrected chi connectivity index (χ4v) is 6.83. The van der Waals surface area contributed by atoms with Gasteiger partial charge in [0.1, 0.15) is 12.6 Å². The number of sulfonamides is 1. The van der Waals surface area contributed by atoms with Gasteiger partial charge in [0.15, 0.2) is 0 Å². The van der Waals surface area contributed by atoms with E-state index in [4.69, 9.17) is 23.2 Å². The van der Waals surface area contributed by atoms with Gasteiger partial charge in [-0.2, -0.15) is 0 Å². The fourth-order valence-electron chi connectivity index (χ4n) is 4.96. The van der Waals surface area contributed by atoms with Gasteiger partial charge >= 0.3 is 0 Å². The first kappa shape index (κ1) is 29.9. The first-order valence-electron chi connectivity index (χ1n) is 13.4. The van der Waals surface area contributed by atoms with E-state index in [0.717, 1.165) is 35.6 Å². The highest BCUT2D eigenvalue weighted by Gasteiger charge is 2.35. The standard InChI is InChI=1S/C30H33Cl2N3O4S/c1-2-27(30(37)33-24-10-6-7-11-24)34(20-22-16-18-23(31)19-17-22)29(36)21-35(28-15-9-8-14-26(28)32)40(38,39)25-12-4-3-5-13-25/h3-5,8-9,12-19,24,27H,2,6-7,10-11,20-21H2,1H3,(H,33,37). The van der Waals surface area contributed by atoms with Crippen molar-refractivity contribution in [2.75, 3.05) is 10.8 Å². The van der Waals surface area contributed by atoms with Crippen LogP contribution in [0.15, 0.2) is 83.8 Å². The maximum absolute atomic E-state index is 14.1. The smallest absolute Gasteiger partial charge is 0.264 e.